The molecule has 4 aromatic rings. The molecule has 0 spiro atoms. The Bertz CT molecular complexity index is 1520. The standard InChI is InChI=1S/C26H19NO7/c1-31-20-11-15(7-8-17(20)28)23-22-24(29)16-4-2-3-5-18(16)34-25(22)26(30)27(23)12-14-6-9-19-21(10-14)33-13-32-19/h2-11,23,28H,12-13H2,1H3. The number of phenolic OH excluding ortho intramolecular Hbond substituents is 1. The summed E-state index contributed by atoms with van der Waals surface area (Å²) in [6.45, 7) is 0.344. The van der Waals surface area contributed by atoms with E-state index < -0.39 is 11.9 Å². The first-order valence-electron chi connectivity index (χ1n) is 10.7. The van der Waals surface area contributed by atoms with Crippen molar-refractivity contribution in [3.63, 3.8) is 0 Å². The van der Waals surface area contributed by atoms with Gasteiger partial charge in [0, 0.05) is 6.54 Å². The molecule has 170 valence electrons. The summed E-state index contributed by atoms with van der Waals surface area (Å²) in [5.41, 5.74) is 1.77. The van der Waals surface area contributed by atoms with Crippen LogP contribution in [-0.4, -0.2) is 29.8 Å². The smallest absolute Gasteiger partial charge is 0.291 e. The van der Waals surface area contributed by atoms with Crippen LogP contribution in [0.25, 0.3) is 11.0 Å². The minimum absolute atomic E-state index is 0.0153. The monoisotopic (exact) mass is 457 g/mol. The maximum absolute atomic E-state index is 13.6. The molecule has 8 heteroatoms. The van der Waals surface area contributed by atoms with Crippen molar-refractivity contribution in [3.05, 3.63) is 93.3 Å². The molecule has 0 saturated heterocycles. The summed E-state index contributed by atoms with van der Waals surface area (Å²) < 4.78 is 22.1. The van der Waals surface area contributed by atoms with Crippen LogP contribution in [0, 0.1) is 0 Å². The van der Waals surface area contributed by atoms with Gasteiger partial charge >= 0.3 is 0 Å². The highest BCUT2D eigenvalue weighted by atomic mass is 16.7. The number of amides is 1. The van der Waals surface area contributed by atoms with Crippen LogP contribution >= 0.6 is 0 Å². The van der Waals surface area contributed by atoms with E-state index in [4.69, 9.17) is 18.6 Å². The van der Waals surface area contributed by atoms with Crippen molar-refractivity contribution < 1.29 is 28.5 Å². The summed E-state index contributed by atoms with van der Waals surface area (Å²) in [5, 5.41) is 10.5. The molecule has 0 aliphatic carbocycles. The zero-order valence-electron chi connectivity index (χ0n) is 18.1. The maximum atomic E-state index is 13.6. The number of para-hydroxylation sites is 1. The minimum Gasteiger partial charge on any atom is -0.504 e. The summed E-state index contributed by atoms with van der Waals surface area (Å²) >= 11 is 0. The maximum Gasteiger partial charge on any atom is 0.291 e. The Morgan fingerprint density at radius 2 is 1.85 bits per heavy atom. The van der Waals surface area contributed by atoms with Crippen molar-refractivity contribution in [3.8, 4) is 23.0 Å². The largest absolute Gasteiger partial charge is 0.504 e. The fraction of sp³-hybridized carbons (Fsp3) is 0.154. The molecule has 2 aliphatic rings. The second-order valence-electron chi connectivity index (χ2n) is 8.12. The Balaban J connectivity index is 1.53. The molecule has 6 rings (SSSR count). The third-order valence-corrected chi connectivity index (χ3v) is 6.18. The van der Waals surface area contributed by atoms with Gasteiger partial charge in [-0.3, -0.25) is 9.59 Å². The van der Waals surface area contributed by atoms with E-state index in [-0.39, 0.29) is 41.6 Å². The van der Waals surface area contributed by atoms with Crippen molar-refractivity contribution in [1.82, 2.24) is 4.90 Å². The van der Waals surface area contributed by atoms with Crippen LogP contribution in [0.15, 0.2) is 69.9 Å². The van der Waals surface area contributed by atoms with Crippen molar-refractivity contribution in [2.45, 2.75) is 12.6 Å². The van der Waals surface area contributed by atoms with Crippen LogP contribution in [0.3, 0.4) is 0 Å². The highest BCUT2D eigenvalue weighted by molar-refractivity contribution is 5.99. The lowest BCUT2D eigenvalue weighted by Crippen LogP contribution is -2.29. The van der Waals surface area contributed by atoms with E-state index in [0.29, 0.717) is 28.0 Å². The van der Waals surface area contributed by atoms with Crippen molar-refractivity contribution in [2.24, 2.45) is 0 Å². The number of hydrogen-bond donors (Lipinski definition) is 1. The van der Waals surface area contributed by atoms with Crippen LogP contribution in [0.4, 0.5) is 0 Å². The molecule has 1 aromatic heterocycles. The van der Waals surface area contributed by atoms with Gasteiger partial charge in [0.2, 0.25) is 12.6 Å². The number of fused-ring (bicyclic) bond motifs is 3. The summed E-state index contributed by atoms with van der Waals surface area (Å²) in [7, 11) is 1.44. The lowest BCUT2D eigenvalue weighted by molar-refractivity contribution is 0.0714. The van der Waals surface area contributed by atoms with E-state index in [1.54, 1.807) is 47.4 Å². The Labute approximate surface area is 193 Å². The molecule has 3 aromatic carbocycles. The molecule has 0 fully saturated rings. The second kappa shape index (κ2) is 7.55. The third kappa shape index (κ3) is 2.99. The normalized spacial score (nSPS) is 16.2. The number of phenols is 1. The summed E-state index contributed by atoms with van der Waals surface area (Å²) in [4.78, 5) is 28.7. The van der Waals surface area contributed by atoms with Gasteiger partial charge in [0.1, 0.15) is 5.58 Å². The molecule has 0 radical (unpaired) electrons. The molecular formula is C26H19NO7. The number of carbonyl (C=O) groups is 1. The molecule has 34 heavy (non-hydrogen) atoms. The van der Waals surface area contributed by atoms with E-state index in [2.05, 4.69) is 0 Å². The predicted molar refractivity (Wildman–Crippen MR) is 121 cm³/mol. The van der Waals surface area contributed by atoms with Crippen molar-refractivity contribution in [1.29, 1.82) is 0 Å². The van der Waals surface area contributed by atoms with Crippen LogP contribution in [0.5, 0.6) is 23.0 Å². The second-order valence-corrected chi connectivity index (χ2v) is 8.12. The summed E-state index contributed by atoms with van der Waals surface area (Å²) in [6.07, 6.45) is 0. The van der Waals surface area contributed by atoms with Crippen LogP contribution in [0.1, 0.15) is 33.3 Å². The van der Waals surface area contributed by atoms with Gasteiger partial charge in [0.15, 0.2) is 28.4 Å². The molecule has 1 amide bonds. The fourth-order valence-corrected chi connectivity index (χ4v) is 4.58. The Kier molecular flexibility index (Phi) is 4.48. The predicted octanol–water partition coefficient (Wildman–Crippen LogP) is 3.98. The average molecular weight is 457 g/mol. The number of methoxy groups -OCH3 is 1. The first kappa shape index (κ1) is 20.2. The summed E-state index contributed by atoms with van der Waals surface area (Å²) in [6, 6.07) is 16.4. The summed E-state index contributed by atoms with van der Waals surface area (Å²) in [5.74, 6) is 1.07. The first-order chi connectivity index (χ1) is 16.5. The van der Waals surface area contributed by atoms with Gasteiger partial charge in [-0.15, -0.1) is 0 Å². The Morgan fingerprint density at radius 3 is 2.71 bits per heavy atom. The van der Waals surface area contributed by atoms with Crippen molar-refractivity contribution in [2.75, 3.05) is 13.9 Å². The van der Waals surface area contributed by atoms with Gasteiger partial charge in [0.25, 0.3) is 5.91 Å². The molecule has 0 bridgehead atoms. The minimum atomic E-state index is -0.733. The third-order valence-electron chi connectivity index (χ3n) is 6.18. The van der Waals surface area contributed by atoms with Gasteiger partial charge in [-0.1, -0.05) is 24.3 Å². The number of carbonyl (C=O) groups excluding carboxylic acids is 1. The van der Waals surface area contributed by atoms with E-state index >= 15 is 0 Å². The zero-order chi connectivity index (χ0) is 23.4. The molecule has 1 atom stereocenters. The van der Waals surface area contributed by atoms with Crippen LogP contribution in [0.2, 0.25) is 0 Å². The quantitative estimate of drug-likeness (QED) is 0.495. The molecule has 8 nitrogen and oxygen atoms in total. The zero-order valence-corrected chi connectivity index (χ0v) is 18.1. The number of ether oxygens (including phenoxy) is 3. The molecule has 1 N–H and O–H groups in total. The van der Waals surface area contributed by atoms with Gasteiger partial charge in [-0.05, 0) is 47.5 Å². The van der Waals surface area contributed by atoms with Gasteiger partial charge in [-0.25, -0.2) is 0 Å². The molecule has 0 saturated carbocycles. The van der Waals surface area contributed by atoms with Crippen LogP contribution in [-0.2, 0) is 6.54 Å². The van der Waals surface area contributed by atoms with E-state index in [0.717, 1.165) is 5.56 Å². The van der Waals surface area contributed by atoms with E-state index in [9.17, 15) is 14.7 Å². The van der Waals surface area contributed by atoms with Gasteiger partial charge < -0.3 is 28.6 Å². The van der Waals surface area contributed by atoms with Gasteiger partial charge in [-0.2, -0.15) is 0 Å². The number of hydrogen-bond acceptors (Lipinski definition) is 7. The topological polar surface area (TPSA) is 98.4 Å². The lowest BCUT2D eigenvalue weighted by atomic mass is 9.97. The van der Waals surface area contributed by atoms with Crippen molar-refractivity contribution >= 4 is 16.9 Å². The molecule has 1 unspecified atom stereocenters. The Hall–Kier alpha value is -4.46. The lowest BCUT2D eigenvalue weighted by Gasteiger charge is -2.25. The highest BCUT2D eigenvalue weighted by Gasteiger charge is 2.43. The van der Waals surface area contributed by atoms with Gasteiger partial charge in [0.05, 0.1) is 24.1 Å². The van der Waals surface area contributed by atoms with E-state index in [1.165, 1.54) is 13.2 Å². The molecular weight excluding hydrogens is 438 g/mol. The fourth-order valence-electron chi connectivity index (χ4n) is 4.58. The number of aromatic hydroxyl groups is 1. The van der Waals surface area contributed by atoms with E-state index in [1.807, 2.05) is 12.1 Å². The SMILES string of the molecule is COc1cc(C2c3c(oc4ccccc4c3=O)C(=O)N2Cc2ccc3c(c2)OCO3)ccc1O. The molecule has 3 heterocycles. The van der Waals surface area contributed by atoms with Crippen LogP contribution < -0.4 is 19.6 Å². The number of rotatable bonds is 4. The Morgan fingerprint density at radius 1 is 1.03 bits per heavy atom. The number of nitrogens with zero attached hydrogens (tertiary/aromatic N) is 1. The first-order valence-corrected chi connectivity index (χ1v) is 10.7. The molecule has 2 aliphatic heterocycles. The highest BCUT2D eigenvalue weighted by Crippen LogP contribution is 2.42. The number of benzene rings is 3. The average Bonchev–Trinajstić information content (AvgIpc) is 3.43.